The van der Waals surface area contributed by atoms with E-state index in [1.807, 2.05) is 0 Å². The molecule has 0 radical (unpaired) electrons. The van der Waals surface area contributed by atoms with Crippen LogP contribution in [0.2, 0.25) is 0 Å². The van der Waals surface area contributed by atoms with Gasteiger partial charge in [0.2, 0.25) is 0 Å². The average molecular weight is 265 g/mol. The van der Waals surface area contributed by atoms with Crippen molar-refractivity contribution in [2.45, 2.75) is 71.5 Å². The Balaban J connectivity index is 1.74. The number of hydrogen-bond acceptors (Lipinski definition) is 3. The van der Waals surface area contributed by atoms with Crippen LogP contribution in [0.1, 0.15) is 53.9 Å². The van der Waals surface area contributed by atoms with Crippen molar-refractivity contribution in [1.29, 1.82) is 0 Å². The lowest BCUT2D eigenvalue weighted by Gasteiger charge is -2.64. The normalized spacial score (nSPS) is 45.0. The minimum Gasteiger partial charge on any atom is -0.404 e. The van der Waals surface area contributed by atoms with E-state index in [9.17, 15) is 0 Å². The van der Waals surface area contributed by atoms with E-state index in [0.717, 1.165) is 18.8 Å². The number of rotatable bonds is 3. The van der Waals surface area contributed by atoms with Gasteiger partial charge in [0.25, 0.3) is 0 Å². The third-order valence-corrected chi connectivity index (χ3v) is 6.06. The van der Waals surface area contributed by atoms with E-state index in [-0.39, 0.29) is 24.8 Å². The highest BCUT2D eigenvalue weighted by atomic mass is 16.7. The van der Waals surface area contributed by atoms with E-state index < -0.39 is 0 Å². The summed E-state index contributed by atoms with van der Waals surface area (Å²) in [7, 11) is -0.201. The van der Waals surface area contributed by atoms with Gasteiger partial charge in [-0.3, -0.25) is 0 Å². The SMILES string of the molecule is CC(C)CC(N)B1OC2CC3CC(C3(C)C)[C@]2(C)O1. The second kappa shape index (κ2) is 4.22. The summed E-state index contributed by atoms with van der Waals surface area (Å²) in [6.07, 6.45) is 3.67. The first-order chi connectivity index (χ1) is 8.75. The summed E-state index contributed by atoms with van der Waals surface area (Å²) in [5.74, 6) is 2.02. The van der Waals surface area contributed by atoms with E-state index in [4.69, 9.17) is 15.0 Å². The second-order valence-electron chi connectivity index (χ2n) is 8.13. The maximum Gasteiger partial charge on any atom is 0.475 e. The van der Waals surface area contributed by atoms with Crippen LogP contribution in [0, 0.1) is 23.2 Å². The van der Waals surface area contributed by atoms with Gasteiger partial charge in [-0.1, -0.05) is 27.7 Å². The van der Waals surface area contributed by atoms with Crippen LogP contribution < -0.4 is 5.73 Å². The predicted molar refractivity (Wildman–Crippen MR) is 77.5 cm³/mol. The molecule has 1 saturated heterocycles. The number of hydrogen-bond donors (Lipinski definition) is 1. The molecular weight excluding hydrogens is 237 g/mol. The highest BCUT2D eigenvalue weighted by Crippen LogP contribution is 2.65. The van der Waals surface area contributed by atoms with Gasteiger partial charge < -0.3 is 15.0 Å². The maximum atomic E-state index is 6.35. The van der Waals surface area contributed by atoms with Gasteiger partial charge in [-0.15, -0.1) is 0 Å². The van der Waals surface area contributed by atoms with E-state index in [1.54, 1.807) is 0 Å². The van der Waals surface area contributed by atoms with E-state index >= 15 is 0 Å². The zero-order valence-electron chi connectivity index (χ0n) is 13.0. The molecule has 0 aromatic rings. The van der Waals surface area contributed by atoms with Gasteiger partial charge in [0.05, 0.1) is 11.7 Å². The van der Waals surface area contributed by atoms with Gasteiger partial charge in [0.1, 0.15) is 0 Å². The Morgan fingerprint density at radius 2 is 1.95 bits per heavy atom. The quantitative estimate of drug-likeness (QED) is 0.798. The molecule has 0 spiro atoms. The van der Waals surface area contributed by atoms with Crippen molar-refractivity contribution in [3.8, 4) is 0 Å². The molecule has 19 heavy (non-hydrogen) atoms. The van der Waals surface area contributed by atoms with Crippen molar-refractivity contribution < 1.29 is 9.31 Å². The zero-order chi connectivity index (χ0) is 14.0. The van der Waals surface area contributed by atoms with Crippen molar-refractivity contribution in [3.63, 3.8) is 0 Å². The van der Waals surface area contributed by atoms with Crippen molar-refractivity contribution in [1.82, 2.24) is 0 Å². The summed E-state index contributed by atoms with van der Waals surface area (Å²) >= 11 is 0. The smallest absolute Gasteiger partial charge is 0.404 e. The van der Waals surface area contributed by atoms with Crippen LogP contribution in [0.5, 0.6) is 0 Å². The van der Waals surface area contributed by atoms with Crippen molar-refractivity contribution >= 4 is 7.12 Å². The van der Waals surface area contributed by atoms with E-state index in [0.29, 0.717) is 17.3 Å². The van der Waals surface area contributed by atoms with Crippen LogP contribution in [-0.2, 0) is 9.31 Å². The first-order valence-electron chi connectivity index (χ1n) is 7.84. The molecule has 3 nitrogen and oxygen atoms in total. The first-order valence-corrected chi connectivity index (χ1v) is 7.84. The molecule has 5 atom stereocenters. The largest absolute Gasteiger partial charge is 0.475 e. The molecule has 0 amide bonds. The Labute approximate surface area is 117 Å². The zero-order valence-corrected chi connectivity index (χ0v) is 13.0. The van der Waals surface area contributed by atoms with Gasteiger partial charge in [-0.05, 0) is 49.4 Å². The molecule has 3 saturated carbocycles. The fourth-order valence-electron chi connectivity index (χ4n) is 4.74. The summed E-state index contributed by atoms with van der Waals surface area (Å²) in [6.45, 7) is 11.4. The Bertz CT molecular complexity index is 373. The monoisotopic (exact) mass is 265 g/mol. The third kappa shape index (κ3) is 1.90. The molecule has 1 heterocycles. The molecule has 4 unspecified atom stereocenters. The lowest BCUT2D eigenvalue weighted by molar-refractivity contribution is -0.199. The second-order valence-corrected chi connectivity index (χ2v) is 8.13. The topological polar surface area (TPSA) is 44.5 Å². The molecule has 4 heteroatoms. The Hall–Kier alpha value is -0.0551. The molecule has 3 aliphatic carbocycles. The summed E-state index contributed by atoms with van der Waals surface area (Å²) in [6, 6.07) is 0. The minimum absolute atomic E-state index is 0.00253. The Morgan fingerprint density at radius 3 is 2.53 bits per heavy atom. The Kier molecular flexibility index (Phi) is 3.09. The molecular formula is C15H28BNO2. The van der Waals surface area contributed by atoms with Crippen LogP contribution in [-0.4, -0.2) is 24.8 Å². The first kappa shape index (κ1) is 13.9. The van der Waals surface area contributed by atoms with Crippen molar-refractivity contribution in [3.05, 3.63) is 0 Å². The average Bonchev–Trinajstić information content (AvgIpc) is 2.64. The summed E-state index contributed by atoms with van der Waals surface area (Å²) in [4.78, 5) is 0. The number of nitrogens with two attached hydrogens (primary N) is 1. The standard InChI is InChI=1S/C15H28BNO2/c1-9(2)6-13(17)16-18-12-8-10-7-11(14(10,3)4)15(12,5)19-16/h9-13H,6-8,17H2,1-5H3/t10?,11?,12?,13?,15-/m0/s1. The molecule has 0 aromatic heterocycles. The highest BCUT2D eigenvalue weighted by Gasteiger charge is 2.68. The molecule has 4 rings (SSSR count). The van der Waals surface area contributed by atoms with Crippen molar-refractivity contribution in [2.24, 2.45) is 28.9 Å². The molecule has 108 valence electrons. The summed E-state index contributed by atoms with van der Waals surface area (Å²) in [5.41, 5.74) is 6.56. The van der Waals surface area contributed by atoms with Crippen molar-refractivity contribution in [2.75, 3.05) is 0 Å². The molecule has 2 bridgehead atoms. The van der Waals surface area contributed by atoms with Gasteiger partial charge in [0, 0.05) is 5.94 Å². The molecule has 4 aliphatic rings. The molecule has 1 aliphatic heterocycles. The summed E-state index contributed by atoms with van der Waals surface area (Å²) in [5, 5.41) is 0. The lowest BCUT2D eigenvalue weighted by atomic mass is 9.43. The van der Waals surface area contributed by atoms with Crippen LogP contribution in [0.25, 0.3) is 0 Å². The fraction of sp³-hybridized carbons (Fsp3) is 1.00. The molecule has 2 N–H and O–H groups in total. The fourth-order valence-corrected chi connectivity index (χ4v) is 4.74. The maximum absolute atomic E-state index is 6.35. The van der Waals surface area contributed by atoms with Crippen LogP contribution >= 0.6 is 0 Å². The highest BCUT2D eigenvalue weighted by molar-refractivity contribution is 6.47. The van der Waals surface area contributed by atoms with Gasteiger partial charge in [-0.2, -0.15) is 0 Å². The molecule has 4 fully saturated rings. The van der Waals surface area contributed by atoms with E-state index in [2.05, 4.69) is 34.6 Å². The molecule has 0 aromatic carbocycles. The van der Waals surface area contributed by atoms with Crippen LogP contribution in [0.4, 0.5) is 0 Å². The van der Waals surface area contributed by atoms with Gasteiger partial charge in [-0.25, -0.2) is 0 Å². The van der Waals surface area contributed by atoms with Crippen LogP contribution in [0.3, 0.4) is 0 Å². The van der Waals surface area contributed by atoms with Gasteiger partial charge in [0.15, 0.2) is 0 Å². The van der Waals surface area contributed by atoms with Crippen LogP contribution in [0.15, 0.2) is 0 Å². The van der Waals surface area contributed by atoms with E-state index in [1.165, 1.54) is 6.42 Å². The predicted octanol–water partition coefficient (Wildman–Crippen LogP) is 2.63. The third-order valence-electron chi connectivity index (χ3n) is 6.06. The summed E-state index contributed by atoms with van der Waals surface area (Å²) < 4.78 is 12.5. The minimum atomic E-state index is -0.201. The Morgan fingerprint density at radius 1 is 1.26 bits per heavy atom. The lowest BCUT2D eigenvalue weighted by Crippen LogP contribution is -2.65. The van der Waals surface area contributed by atoms with Gasteiger partial charge >= 0.3 is 7.12 Å².